The molecule has 0 spiro atoms. The first-order valence-electron chi connectivity index (χ1n) is 6.88. The molecule has 0 bridgehead atoms. The third-order valence-electron chi connectivity index (χ3n) is 3.26. The Kier molecular flexibility index (Phi) is 4.37. The number of thioether (sulfide) groups is 1. The summed E-state index contributed by atoms with van der Waals surface area (Å²) < 4.78 is 5.33. The van der Waals surface area contributed by atoms with Gasteiger partial charge in [0, 0.05) is 25.2 Å². The number of carbonyl (C=O) groups is 1. The minimum absolute atomic E-state index is 0.0871. The van der Waals surface area contributed by atoms with Crippen LogP contribution >= 0.6 is 11.8 Å². The fraction of sp³-hybridized carbons (Fsp3) is 0.615. The van der Waals surface area contributed by atoms with E-state index in [9.17, 15) is 4.79 Å². The van der Waals surface area contributed by atoms with Gasteiger partial charge in [-0.2, -0.15) is 0 Å². The van der Waals surface area contributed by atoms with Crippen LogP contribution in [0, 0.1) is 0 Å². The number of rotatable bonds is 5. The van der Waals surface area contributed by atoms with Gasteiger partial charge in [0.05, 0.1) is 19.0 Å². The normalized spacial score (nSPS) is 18.9. The Bertz CT molecular complexity index is 475. The fourth-order valence-electron chi connectivity index (χ4n) is 2.01. The number of ether oxygens (including phenoxy) is 1. The number of morpholine rings is 1. The summed E-state index contributed by atoms with van der Waals surface area (Å²) in [5, 5.41) is 3.81. The van der Waals surface area contributed by atoms with Crippen molar-refractivity contribution in [2.75, 3.05) is 37.0 Å². The van der Waals surface area contributed by atoms with Gasteiger partial charge in [0.1, 0.15) is 17.2 Å². The number of aromatic nitrogens is 2. The SMILES string of the molecule is O=C(CSc1cc(N2CCOCC2)ncn1)NC1CC1. The van der Waals surface area contributed by atoms with Crippen LogP contribution in [0.5, 0.6) is 0 Å². The Morgan fingerprint density at radius 2 is 2.20 bits per heavy atom. The Hall–Kier alpha value is -1.34. The van der Waals surface area contributed by atoms with Crippen LogP contribution in [0.1, 0.15) is 12.8 Å². The topological polar surface area (TPSA) is 67.4 Å². The van der Waals surface area contributed by atoms with Crippen LogP contribution in [0.4, 0.5) is 5.82 Å². The van der Waals surface area contributed by atoms with E-state index in [0.717, 1.165) is 50.0 Å². The Morgan fingerprint density at radius 1 is 1.40 bits per heavy atom. The van der Waals surface area contributed by atoms with Crippen LogP contribution in [-0.4, -0.2) is 54.0 Å². The van der Waals surface area contributed by atoms with Crippen molar-refractivity contribution >= 4 is 23.5 Å². The average Bonchev–Trinajstić information content (AvgIpc) is 3.30. The standard InChI is InChI=1S/C13H18N4O2S/c18-12(16-10-1-2-10)8-20-13-7-11(14-9-15-13)17-3-5-19-6-4-17/h7,9-10H,1-6,8H2,(H,16,18). The molecule has 0 radical (unpaired) electrons. The van der Waals surface area contributed by atoms with Crippen LogP contribution < -0.4 is 10.2 Å². The molecule has 1 aromatic heterocycles. The molecule has 1 aromatic rings. The predicted molar refractivity (Wildman–Crippen MR) is 77.0 cm³/mol. The summed E-state index contributed by atoms with van der Waals surface area (Å²) in [6.07, 6.45) is 3.79. The second-order valence-electron chi connectivity index (χ2n) is 4.94. The van der Waals surface area contributed by atoms with E-state index in [1.807, 2.05) is 6.07 Å². The third-order valence-corrected chi connectivity index (χ3v) is 4.18. The predicted octanol–water partition coefficient (Wildman–Crippen LogP) is 0.684. The zero-order chi connectivity index (χ0) is 13.8. The molecule has 0 atom stereocenters. The highest BCUT2D eigenvalue weighted by Gasteiger charge is 2.23. The molecule has 0 unspecified atom stereocenters. The molecule has 108 valence electrons. The molecule has 2 heterocycles. The smallest absolute Gasteiger partial charge is 0.230 e. The Labute approximate surface area is 122 Å². The van der Waals surface area contributed by atoms with Crippen LogP contribution in [0.2, 0.25) is 0 Å². The maximum atomic E-state index is 11.7. The summed E-state index contributed by atoms with van der Waals surface area (Å²) in [4.78, 5) is 22.3. The summed E-state index contributed by atoms with van der Waals surface area (Å²) in [5.74, 6) is 1.41. The van der Waals surface area contributed by atoms with E-state index >= 15 is 0 Å². The number of hydrogen-bond donors (Lipinski definition) is 1. The van der Waals surface area contributed by atoms with Crippen molar-refractivity contribution in [1.82, 2.24) is 15.3 Å². The van der Waals surface area contributed by atoms with E-state index in [-0.39, 0.29) is 5.91 Å². The van der Waals surface area contributed by atoms with Crippen LogP contribution in [0.15, 0.2) is 17.4 Å². The van der Waals surface area contributed by atoms with E-state index in [1.54, 1.807) is 6.33 Å². The van der Waals surface area contributed by atoms with Gasteiger partial charge in [-0.25, -0.2) is 9.97 Å². The lowest BCUT2D eigenvalue weighted by molar-refractivity contribution is -0.118. The molecule has 1 amide bonds. The maximum absolute atomic E-state index is 11.7. The second-order valence-corrected chi connectivity index (χ2v) is 5.94. The van der Waals surface area contributed by atoms with E-state index in [4.69, 9.17) is 4.74 Å². The molecule has 0 aromatic carbocycles. The van der Waals surface area contributed by atoms with E-state index in [0.29, 0.717) is 11.8 Å². The molecule has 3 rings (SSSR count). The van der Waals surface area contributed by atoms with Gasteiger partial charge >= 0.3 is 0 Å². The van der Waals surface area contributed by atoms with Gasteiger partial charge in [0.25, 0.3) is 0 Å². The zero-order valence-corrected chi connectivity index (χ0v) is 12.1. The molecular weight excluding hydrogens is 276 g/mol. The lowest BCUT2D eigenvalue weighted by Gasteiger charge is -2.27. The van der Waals surface area contributed by atoms with Crippen LogP contribution in [-0.2, 0) is 9.53 Å². The van der Waals surface area contributed by atoms with Gasteiger partial charge in [0.2, 0.25) is 5.91 Å². The fourth-order valence-corrected chi connectivity index (χ4v) is 2.68. The highest BCUT2D eigenvalue weighted by atomic mass is 32.2. The van der Waals surface area contributed by atoms with Crippen LogP contribution in [0.25, 0.3) is 0 Å². The van der Waals surface area contributed by atoms with Gasteiger partial charge in [0.15, 0.2) is 0 Å². The highest BCUT2D eigenvalue weighted by Crippen LogP contribution is 2.22. The molecular formula is C13H18N4O2S. The molecule has 1 saturated carbocycles. The van der Waals surface area contributed by atoms with E-state index in [1.165, 1.54) is 11.8 Å². The van der Waals surface area contributed by atoms with Crippen molar-refractivity contribution in [1.29, 1.82) is 0 Å². The number of anilines is 1. The molecule has 1 N–H and O–H groups in total. The Morgan fingerprint density at radius 3 is 2.95 bits per heavy atom. The first-order valence-corrected chi connectivity index (χ1v) is 7.87. The van der Waals surface area contributed by atoms with Gasteiger partial charge < -0.3 is 15.0 Å². The first-order chi connectivity index (χ1) is 9.81. The summed E-state index contributed by atoms with van der Waals surface area (Å²) in [6, 6.07) is 2.36. The number of nitrogens with one attached hydrogen (secondary N) is 1. The average molecular weight is 294 g/mol. The zero-order valence-electron chi connectivity index (χ0n) is 11.2. The largest absolute Gasteiger partial charge is 0.378 e. The van der Waals surface area contributed by atoms with E-state index in [2.05, 4.69) is 20.2 Å². The maximum Gasteiger partial charge on any atom is 0.230 e. The van der Waals surface area contributed by atoms with Crippen molar-refractivity contribution < 1.29 is 9.53 Å². The van der Waals surface area contributed by atoms with Crippen LogP contribution in [0.3, 0.4) is 0 Å². The summed E-state index contributed by atoms with van der Waals surface area (Å²) >= 11 is 1.46. The second kappa shape index (κ2) is 6.41. The number of amides is 1. The number of carbonyl (C=O) groups excluding carboxylic acids is 1. The first kappa shape index (κ1) is 13.6. The molecule has 1 aliphatic carbocycles. The third kappa shape index (κ3) is 3.83. The lowest BCUT2D eigenvalue weighted by atomic mass is 10.4. The molecule has 2 fully saturated rings. The quantitative estimate of drug-likeness (QED) is 0.636. The molecule has 6 nitrogen and oxygen atoms in total. The summed E-state index contributed by atoms with van der Waals surface area (Å²) in [7, 11) is 0. The number of hydrogen-bond acceptors (Lipinski definition) is 6. The van der Waals surface area contributed by atoms with Gasteiger partial charge in [-0.15, -0.1) is 0 Å². The molecule has 1 aliphatic heterocycles. The van der Waals surface area contributed by atoms with Crippen molar-refractivity contribution in [2.24, 2.45) is 0 Å². The number of nitrogens with zero attached hydrogens (tertiary/aromatic N) is 3. The van der Waals surface area contributed by atoms with Crippen molar-refractivity contribution in [2.45, 2.75) is 23.9 Å². The molecule has 7 heteroatoms. The minimum atomic E-state index is 0.0871. The summed E-state index contributed by atoms with van der Waals surface area (Å²) in [6.45, 7) is 3.17. The minimum Gasteiger partial charge on any atom is -0.378 e. The summed E-state index contributed by atoms with van der Waals surface area (Å²) in [5.41, 5.74) is 0. The van der Waals surface area contributed by atoms with Gasteiger partial charge in [-0.3, -0.25) is 4.79 Å². The molecule has 2 aliphatic rings. The molecule has 20 heavy (non-hydrogen) atoms. The lowest BCUT2D eigenvalue weighted by Crippen LogP contribution is -2.36. The molecule has 1 saturated heterocycles. The Balaban J connectivity index is 1.54. The van der Waals surface area contributed by atoms with Crippen molar-refractivity contribution in [3.63, 3.8) is 0 Å². The monoisotopic (exact) mass is 294 g/mol. The van der Waals surface area contributed by atoms with Crippen molar-refractivity contribution in [3.05, 3.63) is 12.4 Å². The van der Waals surface area contributed by atoms with Crippen molar-refractivity contribution in [3.8, 4) is 0 Å². The van der Waals surface area contributed by atoms with E-state index < -0.39 is 0 Å². The van der Waals surface area contributed by atoms with Gasteiger partial charge in [-0.1, -0.05) is 11.8 Å². The highest BCUT2D eigenvalue weighted by molar-refractivity contribution is 7.99. The van der Waals surface area contributed by atoms with Gasteiger partial charge in [-0.05, 0) is 12.8 Å².